The Bertz CT molecular complexity index is 678. The molecule has 0 fully saturated rings. The fourth-order valence-electron chi connectivity index (χ4n) is 2.33. The first kappa shape index (κ1) is 15.1. The van der Waals surface area contributed by atoms with Crippen molar-refractivity contribution in [1.82, 2.24) is 14.9 Å². The summed E-state index contributed by atoms with van der Waals surface area (Å²) >= 11 is 3.42. The zero-order valence-corrected chi connectivity index (χ0v) is 14.4. The molecule has 0 aliphatic carbocycles. The lowest BCUT2D eigenvalue weighted by Gasteiger charge is -2.24. The predicted molar refractivity (Wildman–Crippen MR) is 87.2 cm³/mol. The molecule has 0 atom stereocenters. The lowest BCUT2D eigenvalue weighted by molar-refractivity contribution is 0.0239. The molecule has 1 aromatic heterocycles. The molecule has 5 nitrogen and oxygen atoms in total. The number of fused-ring (bicyclic) bond motifs is 1. The van der Waals surface area contributed by atoms with E-state index in [0.29, 0.717) is 13.1 Å². The van der Waals surface area contributed by atoms with Crippen molar-refractivity contribution in [2.75, 3.05) is 0 Å². The summed E-state index contributed by atoms with van der Waals surface area (Å²) in [5.74, 6) is 0.835. The van der Waals surface area contributed by atoms with Gasteiger partial charge in [-0.3, -0.25) is 4.90 Å². The van der Waals surface area contributed by atoms with Gasteiger partial charge in [0.2, 0.25) is 0 Å². The maximum absolute atomic E-state index is 12.1. The summed E-state index contributed by atoms with van der Waals surface area (Å²) < 4.78 is 6.42. The van der Waals surface area contributed by atoms with Gasteiger partial charge < -0.3 is 9.72 Å². The maximum Gasteiger partial charge on any atom is 0.410 e. The number of carbonyl (C=O) groups is 1. The van der Waals surface area contributed by atoms with Gasteiger partial charge in [-0.15, -0.1) is 0 Å². The third-order valence-corrected chi connectivity index (χ3v) is 3.85. The number of carbonyl (C=O) groups excluding carboxylic acids is 1. The second-order valence-electron chi connectivity index (χ2n) is 6.35. The summed E-state index contributed by atoms with van der Waals surface area (Å²) in [7, 11) is 0. The van der Waals surface area contributed by atoms with Crippen LogP contribution < -0.4 is 0 Å². The monoisotopic (exact) mass is 363 g/mol. The minimum Gasteiger partial charge on any atom is -0.444 e. The first-order valence-electron chi connectivity index (χ1n) is 7.13. The van der Waals surface area contributed by atoms with Gasteiger partial charge in [-0.2, -0.15) is 0 Å². The maximum atomic E-state index is 12.1. The Kier molecular flexibility index (Phi) is 3.72. The highest BCUT2D eigenvalue weighted by molar-refractivity contribution is 9.10. The number of halogens is 1. The molecule has 0 saturated carbocycles. The van der Waals surface area contributed by atoms with Gasteiger partial charge >= 0.3 is 6.09 Å². The molecule has 3 rings (SSSR count). The summed E-state index contributed by atoms with van der Waals surface area (Å²) in [6.45, 7) is 6.59. The van der Waals surface area contributed by atoms with Crippen LogP contribution in [0.2, 0.25) is 0 Å². The van der Waals surface area contributed by atoms with Crippen molar-refractivity contribution in [2.45, 2.75) is 39.5 Å². The van der Waals surface area contributed by atoms with E-state index in [1.807, 2.05) is 45.0 Å². The summed E-state index contributed by atoms with van der Waals surface area (Å²) in [4.78, 5) is 21.6. The molecule has 0 spiro atoms. The lowest BCUT2D eigenvalue weighted by Crippen LogP contribution is -2.33. The van der Waals surface area contributed by atoms with Gasteiger partial charge in [-0.25, -0.2) is 9.78 Å². The fourth-order valence-corrected chi connectivity index (χ4v) is 2.60. The highest BCUT2D eigenvalue weighted by atomic mass is 79.9. The Labute approximate surface area is 137 Å². The number of rotatable bonds is 1. The van der Waals surface area contributed by atoms with Crippen LogP contribution in [-0.2, 0) is 17.8 Å². The number of aromatic nitrogens is 2. The Morgan fingerprint density at radius 1 is 1.27 bits per heavy atom. The molecular weight excluding hydrogens is 346 g/mol. The molecule has 1 N–H and O–H groups in total. The summed E-state index contributed by atoms with van der Waals surface area (Å²) in [5.41, 5.74) is 2.43. The second kappa shape index (κ2) is 5.43. The molecule has 0 unspecified atom stereocenters. The Hall–Kier alpha value is -1.82. The SMILES string of the molecule is CC(C)(C)OC(=O)N1Cc2nc(-c3ccc(Br)cc3)[nH]c2C1. The van der Waals surface area contributed by atoms with Crippen molar-refractivity contribution in [3.63, 3.8) is 0 Å². The molecule has 2 aromatic rings. The second-order valence-corrected chi connectivity index (χ2v) is 7.27. The summed E-state index contributed by atoms with van der Waals surface area (Å²) in [6, 6.07) is 7.97. The van der Waals surface area contributed by atoms with Crippen LogP contribution in [0.3, 0.4) is 0 Å². The first-order valence-corrected chi connectivity index (χ1v) is 7.93. The average molecular weight is 364 g/mol. The topological polar surface area (TPSA) is 58.2 Å². The molecule has 0 saturated heterocycles. The number of hydrogen-bond donors (Lipinski definition) is 1. The molecule has 0 bridgehead atoms. The number of aromatic amines is 1. The molecule has 22 heavy (non-hydrogen) atoms. The van der Waals surface area contributed by atoms with Gasteiger partial charge in [-0.1, -0.05) is 28.1 Å². The number of imidazole rings is 1. The van der Waals surface area contributed by atoms with E-state index in [1.54, 1.807) is 4.90 Å². The number of hydrogen-bond acceptors (Lipinski definition) is 3. The smallest absolute Gasteiger partial charge is 0.410 e. The normalized spacial score (nSPS) is 14.1. The minimum atomic E-state index is -0.483. The summed E-state index contributed by atoms with van der Waals surface area (Å²) in [6.07, 6.45) is -0.302. The predicted octanol–water partition coefficient (Wildman–Crippen LogP) is 4.09. The van der Waals surface area contributed by atoms with E-state index in [1.165, 1.54) is 0 Å². The zero-order valence-electron chi connectivity index (χ0n) is 12.8. The first-order chi connectivity index (χ1) is 10.3. The number of nitrogens with one attached hydrogen (secondary N) is 1. The molecule has 6 heteroatoms. The van der Waals surface area contributed by atoms with Gasteiger partial charge in [0.25, 0.3) is 0 Å². The van der Waals surface area contributed by atoms with E-state index in [-0.39, 0.29) is 6.09 Å². The molecule has 1 aliphatic rings. The summed E-state index contributed by atoms with van der Waals surface area (Å²) in [5, 5.41) is 0. The van der Waals surface area contributed by atoms with E-state index in [0.717, 1.165) is 27.2 Å². The van der Waals surface area contributed by atoms with Crippen LogP contribution >= 0.6 is 15.9 Å². The van der Waals surface area contributed by atoms with Crippen molar-refractivity contribution >= 4 is 22.0 Å². The van der Waals surface area contributed by atoms with Gasteiger partial charge in [0.05, 0.1) is 24.5 Å². The van der Waals surface area contributed by atoms with Crippen molar-refractivity contribution in [2.24, 2.45) is 0 Å². The van der Waals surface area contributed by atoms with Gasteiger partial charge in [-0.05, 0) is 32.9 Å². The van der Waals surface area contributed by atoms with E-state index in [9.17, 15) is 4.79 Å². The van der Waals surface area contributed by atoms with Crippen LogP contribution in [0, 0.1) is 0 Å². The minimum absolute atomic E-state index is 0.302. The van der Waals surface area contributed by atoms with Crippen molar-refractivity contribution < 1.29 is 9.53 Å². The van der Waals surface area contributed by atoms with Crippen LogP contribution in [0.25, 0.3) is 11.4 Å². The van der Waals surface area contributed by atoms with E-state index in [2.05, 4.69) is 25.9 Å². The van der Waals surface area contributed by atoms with Crippen LogP contribution in [0.1, 0.15) is 32.2 Å². The molecule has 1 amide bonds. The molecule has 116 valence electrons. The van der Waals surface area contributed by atoms with Crippen molar-refractivity contribution in [3.8, 4) is 11.4 Å². The standard InChI is InChI=1S/C16H18BrN3O2/c1-16(2,3)22-15(21)20-8-12-13(9-20)19-14(18-12)10-4-6-11(17)7-5-10/h4-7H,8-9H2,1-3H3,(H,18,19). The van der Waals surface area contributed by atoms with Crippen LogP contribution in [0.5, 0.6) is 0 Å². The third kappa shape index (κ3) is 3.16. The van der Waals surface area contributed by atoms with Gasteiger partial charge in [0, 0.05) is 10.0 Å². The number of amides is 1. The van der Waals surface area contributed by atoms with E-state index >= 15 is 0 Å². The number of H-pyrrole nitrogens is 1. The Morgan fingerprint density at radius 3 is 2.55 bits per heavy atom. The van der Waals surface area contributed by atoms with Gasteiger partial charge in [0.15, 0.2) is 0 Å². The number of ether oxygens (including phenoxy) is 1. The fraction of sp³-hybridized carbons (Fsp3) is 0.375. The average Bonchev–Trinajstić information content (AvgIpc) is 2.95. The zero-order chi connectivity index (χ0) is 15.9. The van der Waals surface area contributed by atoms with E-state index in [4.69, 9.17) is 4.74 Å². The van der Waals surface area contributed by atoms with Crippen molar-refractivity contribution in [1.29, 1.82) is 0 Å². The molecular formula is C16H18BrN3O2. The third-order valence-electron chi connectivity index (χ3n) is 3.32. The number of nitrogens with zero attached hydrogens (tertiary/aromatic N) is 2. The molecule has 1 aromatic carbocycles. The quantitative estimate of drug-likeness (QED) is 0.829. The van der Waals surface area contributed by atoms with Gasteiger partial charge in [0.1, 0.15) is 11.4 Å². The number of benzene rings is 1. The van der Waals surface area contributed by atoms with Crippen molar-refractivity contribution in [3.05, 3.63) is 40.1 Å². The van der Waals surface area contributed by atoms with Crippen LogP contribution in [0.15, 0.2) is 28.7 Å². The largest absolute Gasteiger partial charge is 0.444 e. The molecule has 2 heterocycles. The van der Waals surface area contributed by atoms with Crippen LogP contribution in [0.4, 0.5) is 4.79 Å². The highest BCUT2D eigenvalue weighted by Crippen LogP contribution is 2.27. The highest BCUT2D eigenvalue weighted by Gasteiger charge is 2.30. The molecule has 1 aliphatic heterocycles. The van der Waals surface area contributed by atoms with Crippen LogP contribution in [-0.4, -0.2) is 26.6 Å². The Morgan fingerprint density at radius 2 is 1.95 bits per heavy atom. The molecule has 0 radical (unpaired) electrons. The lowest BCUT2D eigenvalue weighted by atomic mass is 10.2. The Balaban J connectivity index is 1.73. The van der Waals surface area contributed by atoms with E-state index < -0.39 is 5.60 Å².